The van der Waals surface area contributed by atoms with Crippen molar-refractivity contribution in [2.75, 3.05) is 19.0 Å². The van der Waals surface area contributed by atoms with E-state index in [2.05, 4.69) is 45.9 Å². The third-order valence-corrected chi connectivity index (χ3v) is 9.74. The topological polar surface area (TPSA) is 68.9 Å². The van der Waals surface area contributed by atoms with E-state index in [-0.39, 0.29) is 11.2 Å². The number of ether oxygens (including phenoxy) is 2. The Hall–Kier alpha value is -2.60. The van der Waals surface area contributed by atoms with E-state index in [0.29, 0.717) is 23.3 Å². The molecule has 3 aromatic rings. The zero-order valence-corrected chi connectivity index (χ0v) is 28.6. The fourth-order valence-corrected chi connectivity index (χ4v) is 6.33. The van der Waals surface area contributed by atoms with Crippen LogP contribution in [0.5, 0.6) is 17.2 Å². The van der Waals surface area contributed by atoms with Gasteiger partial charge in [-0.15, -0.1) is 11.8 Å². The van der Waals surface area contributed by atoms with Gasteiger partial charge in [0.1, 0.15) is 22.8 Å². The lowest BCUT2D eigenvalue weighted by atomic mass is 9.82. The van der Waals surface area contributed by atoms with Crippen molar-refractivity contribution in [1.29, 1.82) is 0 Å². The van der Waals surface area contributed by atoms with Crippen LogP contribution in [0.25, 0.3) is 11.0 Å². The van der Waals surface area contributed by atoms with Crippen LogP contribution in [0.4, 0.5) is 0 Å². The molecule has 0 unspecified atom stereocenters. The summed E-state index contributed by atoms with van der Waals surface area (Å²) in [6.07, 6.45) is 18.8. The van der Waals surface area contributed by atoms with Crippen LogP contribution in [0.1, 0.15) is 130 Å². The molecule has 6 heteroatoms. The Morgan fingerprint density at radius 2 is 1.39 bits per heavy atom. The second kappa shape index (κ2) is 19.7. The van der Waals surface area contributed by atoms with Gasteiger partial charge in [0, 0.05) is 4.90 Å². The third kappa shape index (κ3) is 12.4. The van der Waals surface area contributed by atoms with Gasteiger partial charge in [-0.25, -0.2) is 4.79 Å². The van der Waals surface area contributed by atoms with Crippen LogP contribution < -0.4 is 15.1 Å². The summed E-state index contributed by atoms with van der Waals surface area (Å²) in [7, 11) is 0. The average molecular weight is 625 g/mol. The van der Waals surface area contributed by atoms with Crippen LogP contribution in [-0.4, -0.2) is 24.1 Å². The van der Waals surface area contributed by atoms with Crippen molar-refractivity contribution in [3.05, 3.63) is 58.4 Å². The summed E-state index contributed by atoms with van der Waals surface area (Å²) < 4.78 is 17.3. The van der Waals surface area contributed by atoms with Crippen LogP contribution in [0, 0.1) is 0 Å². The van der Waals surface area contributed by atoms with Gasteiger partial charge in [0.2, 0.25) is 0 Å². The fraction of sp³-hybridized carbons (Fsp3) is 0.605. The Kier molecular flexibility index (Phi) is 16.1. The predicted octanol–water partition coefficient (Wildman–Crippen LogP) is 11.2. The largest absolute Gasteiger partial charge is 0.507 e. The minimum Gasteiger partial charge on any atom is -0.507 e. The maximum Gasteiger partial charge on any atom is 0.339 e. The monoisotopic (exact) mass is 624 g/mol. The molecular weight excluding hydrogens is 568 g/mol. The molecule has 244 valence electrons. The van der Waals surface area contributed by atoms with E-state index in [9.17, 15) is 9.90 Å². The Morgan fingerprint density at radius 3 is 2.07 bits per heavy atom. The summed E-state index contributed by atoms with van der Waals surface area (Å²) in [5.41, 5.74) is 1.33. The lowest BCUT2D eigenvalue weighted by Crippen LogP contribution is -2.15. The molecule has 0 aliphatic heterocycles. The summed E-state index contributed by atoms with van der Waals surface area (Å²) in [6.45, 7) is 10.6. The van der Waals surface area contributed by atoms with E-state index in [1.54, 1.807) is 18.2 Å². The highest BCUT2D eigenvalue weighted by Gasteiger charge is 2.20. The first-order valence-corrected chi connectivity index (χ1v) is 18.1. The SMILES string of the molecule is CCCCCCCCCCCCOc1ccc(C(C)(C)CC)cc1SCCCCCCOc1ccc2oc(=O)cc(O)c2c1. The number of hydrogen-bond acceptors (Lipinski definition) is 6. The van der Waals surface area contributed by atoms with Crippen molar-refractivity contribution < 1.29 is 19.0 Å². The van der Waals surface area contributed by atoms with Crippen molar-refractivity contribution >= 4 is 22.7 Å². The summed E-state index contributed by atoms with van der Waals surface area (Å²) in [5, 5.41) is 10.5. The summed E-state index contributed by atoms with van der Waals surface area (Å²) in [4.78, 5) is 12.7. The van der Waals surface area contributed by atoms with Crippen molar-refractivity contribution in [2.45, 2.75) is 134 Å². The lowest BCUT2D eigenvalue weighted by Gasteiger charge is -2.25. The van der Waals surface area contributed by atoms with Gasteiger partial charge >= 0.3 is 5.63 Å². The Bertz CT molecular complexity index is 1300. The van der Waals surface area contributed by atoms with E-state index >= 15 is 0 Å². The molecule has 3 rings (SSSR count). The molecule has 0 fully saturated rings. The number of aromatic hydroxyl groups is 1. The molecule has 1 aromatic heterocycles. The Morgan fingerprint density at radius 1 is 0.750 bits per heavy atom. The minimum atomic E-state index is -0.563. The molecule has 0 radical (unpaired) electrons. The number of fused-ring (bicyclic) bond motifs is 1. The molecule has 0 amide bonds. The van der Waals surface area contributed by atoms with Gasteiger partial charge in [-0.05, 0) is 72.7 Å². The Labute approximate surface area is 270 Å². The van der Waals surface area contributed by atoms with E-state index in [0.717, 1.165) is 62.7 Å². The quantitative estimate of drug-likeness (QED) is 0.0643. The summed E-state index contributed by atoms with van der Waals surface area (Å²) >= 11 is 1.92. The Balaban J connectivity index is 1.36. The van der Waals surface area contributed by atoms with Crippen LogP contribution in [0.15, 0.2) is 56.6 Å². The van der Waals surface area contributed by atoms with Crippen molar-refractivity contribution in [3.8, 4) is 17.2 Å². The van der Waals surface area contributed by atoms with Gasteiger partial charge < -0.3 is 19.0 Å². The van der Waals surface area contributed by atoms with Gasteiger partial charge in [0.15, 0.2) is 0 Å². The fourth-order valence-electron chi connectivity index (χ4n) is 5.28. The van der Waals surface area contributed by atoms with E-state index in [4.69, 9.17) is 13.9 Å². The van der Waals surface area contributed by atoms with Crippen molar-refractivity contribution in [3.63, 3.8) is 0 Å². The number of rotatable bonds is 23. The first kappa shape index (κ1) is 35.9. The van der Waals surface area contributed by atoms with E-state index in [1.165, 1.54) is 68.2 Å². The second-order valence-corrected chi connectivity index (χ2v) is 13.8. The van der Waals surface area contributed by atoms with E-state index in [1.807, 2.05) is 11.8 Å². The molecule has 0 aliphatic carbocycles. The molecule has 1 heterocycles. The molecule has 0 saturated carbocycles. The summed E-state index contributed by atoms with van der Waals surface area (Å²) in [5.74, 6) is 2.68. The smallest absolute Gasteiger partial charge is 0.339 e. The van der Waals surface area contributed by atoms with Gasteiger partial charge in [0.25, 0.3) is 0 Å². The number of thioether (sulfide) groups is 1. The average Bonchev–Trinajstić information content (AvgIpc) is 3.01. The molecule has 0 bridgehead atoms. The first-order chi connectivity index (χ1) is 21.3. The molecular formula is C38H56O5S. The van der Waals surface area contributed by atoms with Gasteiger partial charge in [-0.3, -0.25) is 0 Å². The third-order valence-electron chi connectivity index (χ3n) is 8.62. The summed E-state index contributed by atoms with van der Waals surface area (Å²) in [6, 6.07) is 13.0. The van der Waals surface area contributed by atoms with Gasteiger partial charge in [0.05, 0.1) is 24.7 Å². The molecule has 0 spiro atoms. The number of hydrogen-bond donors (Lipinski definition) is 1. The first-order valence-electron chi connectivity index (χ1n) is 17.1. The standard InChI is InChI=1S/C38H56O5S/c1-5-7-8-9-10-11-12-13-14-18-25-42-35-22-20-30(38(3,4)6-2)27-36(35)44-26-19-16-15-17-24-41-31-21-23-34-32(28-31)33(39)29-37(40)43-34/h20-23,27-29,39H,5-19,24-26H2,1-4H3. The lowest BCUT2D eigenvalue weighted by molar-refractivity contribution is 0.297. The molecule has 2 aromatic carbocycles. The molecule has 0 aliphatic rings. The predicted molar refractivity (Wildman–Crippen MR) is 186 cm³/mol. The van der Waals surface area contributed by atoms with Crippen LogP contribution in [0.2, 0.25) is 0 Å². The minimum absolute atomic E-state index is 0.0876. The van der Waals surface area contributed by atoms with Crippen molar-refractivity contribution in [1.82, 2.24) is 0 Å². The van der Waals surface area contributed by atoms with Gasteiger partial charge in [-0.1, -0.05) is 104 Å². The molecule has 1 N–H and O–H groups in total. The molecule has 0 saturated heterocycles. The maximum absolute atomic E-state index is 11.4. The zero-order chi connectivity index (χ0) is 31.6. The highest BCUT2D eigenvalue weighted by Crippen LogP contribution is 2.36. The zero-order valence-electron chi connectivity index (χ0n) is 27.8. The highest BCUT2D eigenvalue weighted by atomic mass is 32.2. The van der Waals surface area contributed by atoms with Crippen LogP contribution in [-0.2, 0) is 5.41 Å². The number of unbranched alkanes of at least 4 members (excludes halogenated alkanes) is 12. The van der Waals surface area contributed by atoms with Crippen LogP contribution >= 0.6 is 11.8 Å². The normalized spacial score (nSPS) is 11.7. The maximum atomic E-state index is 11.4. The molecule has 0 atom stereocenters. The highest BCUT2D eigenvalue weighted by molar-refractivity contribution is 7.99. The van der Waals surface area contributed by atoms with Crippen molar-refractivity contribution in [2.24, 2.45) is 0 Å². The van der Waals surface area contributed by atoms with Gasteiger partial charge in [-0.2, -0.15) is 0 Å². The molecule has 5 nitrogen and oxygen atoms in total. The number of benzene rings is 2. The van der Waals surface area contributed by atoms with E-state index < -0.39 is 5.63 Å². The van der Waals surface area contributed by atoms with Crippen LogP contribution in [0.3, 0.4) is 0 Å². The second-order valence-electron chi connectivity index (χ2n) is 12.6. The molecule has 44 heavy (non-hydrogen) atoms.